The zero-order chi connectivity index (χ0) is 32.7. The maximum absolute atomic E-state index is 16.6. The minimum atomic E-state index is -1.13. The summed E-state index contributed by atoms with van der Waals surface area (Å²) in [5.74, 6) is -3.31. The summed E-state index contributed by atoms with van der Waals surface area (Å²) in [6, 6.07) is 6.61. The van der Waals surface area contributed by atoms with Crippen molar-refractivity contribution in [2.45, 2.75) is 24.7 Å². The van der Waals surface area contributed by atoms with E-state index < -0.39 is 35.6 Å². The number of pyridine rings is 1. The van der Waals surface area contributed by atoms with Gasteiger partial charge in [0.1, 0.15) is 41.7 Å². The highest BCUT2D eigenvalue weighted by Gasteiger charge is 2.36. The topological polar surface area (TPSA) is 79.1 Å². The van der Waals surface area contributed by atoms with Gasteiger partial charge >= 0.3 is 6.01 Å². The van der Waals surface area contributed by atoms with Crippen LogP contribution in [0.15, 0.2) is 48.9 Å². The van der Waals surface area contributed by atoms with Crippen LogP contribution in [0.3, 0.4) is 0 Å². The number of nitrogens with zero attached hydrogens (tertiary/aromatic N) is 7. The Bertz CT molecular complexity index is 1900. The van der Waals surface area contributed by atoms with Crippen LogP contribution in [0.4, 0.5) is 23.4 Å². The molecule has 14 heteroatoms. The Morgan fingerprint density at radius 1 is 1.17 bits per heavy atom. The zero-order valence-electron chi connectivity index (χ0n) is 24.7. The van der Waals surface area contributed by atoms with E-state index in [0.29, 0.717) is 5.39 Å². The fourth-order valence-corrected chi connectivity index (χ4v) is 6.41. The predicted octanol–water partition coefficient (Wildman–Crippen LogP) is 5.62. The normalized spacial score (nSPS) is 20.3. The number of rotatable bonds is 7. The van der Waals surface area contributed by atoms with Crippen molar-refractivity contribution >= 4 is 45.0 Å². The van der Waals surface area contributed by atoms with E-state index in [1.54, 1.807) is 30.1 Å². The summed E-state index contributed by atoms with van der Waals surface area (Å²) in [7, 11) is 1.78. The maximum Gasteiger partial charge on any atom is 0.319 e. The van der Waals surface area contributed by atoms with E-state index in [0.717, 1.165) is 0 Å². The van der Waals surface area contributed by atoms with Crippen LogP contribution in [0.2, 0.25) is 5.02 Å². The molecule has 0 spiro atoms. The molecule has 2 aliphatic heterocycles. The van der Waals surface area contributed by atoms with E-state index in [1.807, 2.05) is 4.90 Å². The van der Waals surface area contributed by atoms with Gasteiger partial charge in [-0.1, -0.05) is 42.4 Å². The van der Waals surface area contributed by atoms with Crippen molar-refractivity contribution in [1.29, 1.82) is 0 Å². The lowest BCUT2D eigenvalue weighted by molar-refractivity contribution is -0.131. The van der Waals surface area contributed by atoms with Crippen molar-refractivity contribution in [2.24, 2.45) is 0 Å². The van der Waals surface area contributed by atoms with Crippen LogP contribution in [-0.2, 0) is 4.79 Å². The first-order valence-electron chi connectivity index (χ1n) is 14.5. The van der Waals surface area contributed by atoms with Crippen molar-refractivity contribution in [3.8, 4) is 17.3 Å². The number of fused-ring (bicyclic) bond motifs is 2. The fraction of sp³-hybridized carbons (Fsp3) is 0.344. The molecule has 2 aliphatic rings. The summed E-state index contributed by atoms with van der Waals surface area (Å²) in [5, 5.41) is 0.897. The summed E-state index contributed by atoms with van der Waals surface area (Å²) >= 11 is 6.34. The Balaban J connectivity index is 1.46. The highest BCUT2D eigenvalue weighted by Crippen LogP contribution is 2.38. The zero-order valence-corrected chi connectivity index (χ0v) is 25.4. The van der Waals surface area contributed by atoms with Gasteiger partial charge in [-0.2, -0.15) is 9.97 Å². The second-order valence-electron chi connectivity index (χ2n) is 11.4. The summed E-state index contributed by atoms with van der Waals surface area (Å²) in [6.07, 6.45) is 0.641. The SMILES string of the molecule is [C-]#[N+]C[C@H]1CN(c2nc(OC[C@@H]3C[C@@H](F)CN3C)nc3c(F)c(-c4cccc5ccc(F)c(Cl)c45)ncc23)CCN1C(=O)C(=C)F. The molecule has 0 radical (unpaired) electrons. The number of benzene rings is 2. The molecule has 0 saturated carbocycles. The van der Waals surface area contributed by atoms with Gasteiger partial charge in [0.15, 0.2) is 11.6 Å². The Morgan fingerprint density at radius 3 is 2.70 bits per heavy atom. The van der Waals surface area contributed by atoms with Crippen molar-refractivity contribution in [3.63, 3.8) is 0 Å². The largest absolute Gasteiger partial charge is 0.462 e. The molecule has 4 aromatic rings. The minimum Gasteiger partial charge on any atom is -0.462 e. The summed E-state index contributed by atoms with van der Waals surface area (Å²) in [5.41, 5.74) is -0.0175. The molecule has 2 saturated heterocycles. The highest BCUT2D eigenvalue weighted by molar-refractivity contribution is 6.36. The average Bonchev–Trinajstić information content (AvgIpc) is 3.37. The Kier molecular flexibility index (Phi) is 8.67. The molecule has 0 unspecified atom stereocenters. The smallest absolute Gasteiger partial charge is 0.319 e. The van der Waals surface area contributed by atoms with E-state index in [-0.39, 0.29) is 96.2 Å². The third-order valence-corrected chi connectivity index (χ3v) is 8.82. The van der Waals surface area contributed by atoms with Crippen LogP contribution in [0.5, 0.6) is 6.01 Å². The van der Waals surface area contributed by atoms with E-state index in [2.05, 4.69) is 26.4 Å². The summed E-state index contributed by atoms with van der Waals surface area (Å²) < 4.78 is 64.8. The lowest BCUT2D eigenvalue weighted by atomic mass is 10.0. The lowest BCUT2D eigenvalue weighted by Crippen LogP contribution is -2.56. The van der Waals surface area contributed by atoms with Crippen LogP contribution in [-0.4, -0.2) is 95.3 Å². The second kappa shape index (κ2) is 12.7. The quantitative estimate of drug-likeness (QED) is 0.146. The van der Waals surface area contributed by atoms with Crippen LogP contribution in [0.25, 0.3) is 37.8 Å². The van der Waals surface area contributed by atoms with Gasteiger partial charge in [-0.05, 0) is 24.9 Å². The molecule has 6 rings (SSSR count). The molecular weight excluding hydrogens is 626 g/mol. The number of aromatic nitrogens is 3. The molecule has 0 N–H and O–H groups in total. The van der Waals surface area contributed by atoms with Crippen LogP contribution in [0, 0.1) is 18.2 Å². The third kappa shape index (κ3) is 5.78. The first-order valence-corrected chi connectivity index (χ1v) is 14.9. The number of carbonyl (C=O) groups is 1. The molecule has 3 atom stereocenters. The van der Waals surface area contributed by atoms with Gasteiger partial charge in [-0.25, -0.2) is 24.1 Å². The van der Waals surface area contributed by atoms with Gasteiger partial charge < -0.3 is 19.4 Å². The number of amides is 1. The summed E-state index contributed by atoms with van der Waals surface area (Å²) in [6.45, 7) is 10.9. The highest BCUT2D eigenvalue weighted by atomic mass is 35.5. The first kappa shape index (κ1) is 31.4. The number of anilines is 1. The minimum absolute atomic E-state index is 0.0425. The first-order chi connectivity index (χ1) is 22.1. The molecule has 2 aromatic heterocycles. The average molecular weight is 654 g/mol. The van der Waals surface area contributed by atoms with Gasteiger partial charge in [0.2, 0.25) is 6.54 Å². The van der Waals surface area contributed by atoms with Gasteiger partial charge in [-0.3, -0.25) is 14.7 Å². The van der Waals surface area contributed by atoms with Gasteiger partial charge in [0.05, 0.1) is 10.4 Å². The number of hydrogen-bond donors (Lipinski definition) is 0. The van der Waals surface area contributed by atoms with E-state index in [1.165, 1.54) is 23.2 Å². The summed E-state index contributed by atoms with van der Waals surface area (Å²) in [4.78, 5) is 34.1. The number of likely N-dealkylation sites (N-methyl/N-ethyl adjacent to an activating group) is 1. The molecule has 1 amide bonds. The third-order valence-electron chi connectivity index (χ3n) is 8.45. The standard InChI is InChI=1S/C32H28ClF4N7O2/c1-17(34)31(45)44-10-9-43(15-21(44)12-38-2)30-23-13-39-28(22-6-4-5-18-7-8-24(36)26(33)25(18)22)27(37)29(23)40-32(41-30)46-16-20-11-19(35)14-42(20)3/h4-8,13,19-21H,1,9-12,14-16H2,3H3/t19-,20+,21+/m1/s1. The van der Waals surface area contributed by atoms with Crippen LogP contribution >= 0.6 is 11.6 Å². The van der Waals surface area contributed by atoms with Crippen molar-refractivity contribution in [3.05, 3.63) is 77.0 Å². The maximum atomic E-state index is 16.6. The van der Waals surface area contributed by atoms with Crippen LogP contribution in [0.1, 0.15) is 6.42 Å². The lowest BCUT2D eigenvalue weighted by Gasteiger charge is -2.39. The molecule has 2 fully saturated rings. The number of halogens is 5. The second-order valence-corrected chi connectivity index (χ2v) is 11.7. The fourth-order valence-electron chi connectivity index (χ4n) is 6.13. The number of hydrogen-bond acceptors (Lipinski definition) is 7. The monoisotopic (exact) mass is 653 g/mol. The van der Waals surface area contributed by atoms with Crippen molar-refractivity contribution < 1.29 is 27.1 Å². The number of carbonyl (C=O) groups excluding carboxylic acids is 1. The number of piperazine rings is 1. The molecular formula is C32H28ClF4N7O2. The molecule has 9 nitrogen and oxygen atoms in total. The Hall–Kier alpha value is -4.54. The van der Waals surface area contributed by atoms with Gasteiger partial charge in [-0.15, -0.1) is 0 Å². The van der Waals surface area contributed by atoms with Gasteiger partial charge in [0.25, 0.3) is 5.91 Å². The Morgan fingerprint density at radius 2 is 1.98 bits per heavy atom. The number of alkyl halides is 1. The van der Waals surface area contributed by atoms with Crippen molar-refractivity contribution in [2.75, 3.05) is 51.3 Å². The molecule has 46 heavy (non-hydrogen) atoms. The van der Waals surface area contributed by atoms with Crippen LogP contribution < -0.4 is 9.64 Å². The number of likely N-dealkylation sites (tertiary alicyclic amines) is 1. The predicted molar refractivity (Wildman–Crippen MR) is 166 cm³/mol. The van der Waals surface area contributed by atoms with E-state index in [9.17, 15) is 18.0 Å². The van der Waals surface area contributed by atoms with E-state index in [4.69, 9.17) is 22.9 Å². The van der Waals surface area contributed by atoms with Crippen molar-refractivity contribution in [1.82, 2.24) is 24.8 Å². The number of ether oxygens (including phenoxy) is 1. The molecule has 238 valence electrons. The van der Waals surface area contributed by atoms with Gasteiger partial charge in [0, 0.05) is 49.4 Å². The Labute approximate surface area is 266 Å². The molecule has 0 bridgehead atoms. The van der Waals surface area contributed by atoms with E-state index >= 15 is 4.39 Å². The molecule has 0 aliphatic carbocycles. The molecule has 2 aromatic carbocycles. The molecule has 4 heterocycles.